The molecule has 2 aliphatic rings. The molecule has 6 heteroatoms. The summed E-state index contributed by atoms with van der Waals surface area (Å²) in [6.45, 7) is 0.418. The number of aryl methyl sites for hydroxylation is 4. The topological polar surface area (TPSA) is 52.6 Å². The zero-order valence-corrected chi connectivity index (χ0v) is 18.2. The van der Waals surface area contributed by atoms with Crippen LogP contribution in [-0.2, 0) is 48.4 Å². The van der Waals surface area contributed by atoms with Crippen LogP contribution in [-0.4, -0.2) is 11.9 Å². The van der Waals surface area contributed by atoms with Crippen LogP contribution in [0.15, 0.2) is 36.4 Å². The number of hydrogen-bond donors (Lipinski definition) is 0. The Balaban J connectivity index is 1.15. The van der Waals surface area contributed by atoms with Gasteiger partial charge in [-0.25, -0.2) is 9.59 Å². The minimum atomic E-state index is -0.267. The van der Waals surface area contributed by atoms with Gasteiger partial charge in [0, 0.05) is 9.75 Å². The van der Waals surface area contributed by atoms with Gasteiger partial charge in [0.15, 0.2) is 0 Å². The van der Waals surface area contributed by atoms with E-state index in [1.807, 2.05) is 36.4 Å². The molecule has 2 heterocycles. The van der Waals surface area contributed by atoms with Gasteiger partial charge >= 0.3 is 11.9 Å². The van der Waals surface area contributed by atoms with Crippen LogP contribution in [0, 0.1) is 0 Å². The van der Waals surface area contributed by atoms with Crippen molar-refractivity contribution in [1.82, 2.24) is 0 Å². The van der Waals surface area contributed by atoms with E-state index < -0.39 is 0 Å². The van der Waals surface area contributed by atoms with E-state index in [4.69, 9.17) is 9.47 Å². The van der Waals surface area contributed by atoms with Gasteiger partial charge < -0.3 is 9.47 Å². The number of benzene rings is 1. The highest BCUT2D eigenvalue weighted by Gasteiger charge is 2.20. The minimum Gasteiger partial charge on any atom is -0.457 e. The Labute approximate surface area is 183 Å². The van der Waals surface area contributed by atoms with Gasteiger partial charge in [-0.15, -0.1) is 22.7 Å². The summed E-state index contributed by atoms with van der Waals surface area (Å²) >= 11 is 3.11. The molecule has 0 saturated heterocycles. The second-order valence-corrected chi connectivity index (χ2v) is 10.1. The monoisotopic (exact) mass is 438 g/mol. The molecule has 4 nitrogen and oxygen atoms in total. The van der Waals surface area contributed by atoms with E-state index in [2.05, 4.69) is 0 Å². The Morgan fingerprint density at radius 3 is 1.70 bits per heavy atom. The van der Waals surface area contributed by atoms with Gasteiger partial charge in [0.1, 0.15) is 23.0 Å². The molecule has 0 fully saturated rings. The van der Waals surface area contributed by atoms with Crippen LogP contribution in [0.25, 0.3) is 0 Å². The zero-order valence-electron chi connectivity index (χ0n) is 16.6. The highest BCUT2D eigenvalue weighted by atomic mass is 32.1. The molecule has 0 unspecified atom stereocenters. The van der Waals surface area contributed by atoms with Crippen molar-refractivity contribution >= 4 is 34.6 Å². The number of hydrogen-bond acceptors (Lipinski definition) is 6. The first-order chi connectivity index (χ1) is 14.7. The molecule has 0 saturated carbocycles. The van der Waals surface area contributed by atoms with Crippen LogP contribution >= 0.6 is 22.7 Å². The molecule has 0 N–H and O–H groups in total. The summed E-state index contributed by atoms with van der Waals surface area (Å²) in [5.41, 5.74) is 4.37. The van der Waals surface area contributed by atoms with Crippen LogP contribution < -0.4 is 0 Å². The fourth-order valence-electron chi connectivity index (χ4n) is 4.11. The lowest BCUT2D eigenvalue weighted by molar-refractivity contribution is 0.0477. The molecule has 0 amide bonds. The third kappa shape index (κ3) is 4.07. The van der Waals surface area contributed by atoms with Crippen LogP contribution in [0.5, 0.6) is 0 Å². The maximum absolute atomic E-state index is 12.4. The first-order valence-corrected chi connectivity index (χ1v) is 11.9. The molecule has 0 bridgehead atoms. The number of fused-ring (bicyclic) bond motifs is 2. The Bertz CT molecular complexity index is 982. The summed E-state index contributed by atoms with van der Waals surface area (Å²) in [5, 5.41) is 0. The molecule has 0 atom stereocenters. The second kappa shape index (κ2) is 8.36. The summed E-state index contributed by atoms with van der Waals surface area (Å²) < 4.78 is 11.0. The van der Waals surface area contributed by atoms with E-state index in [1.165, 1.54) is 33.7 Å². The van der Waals surface area contributed by atoms with E-state index in [9.17, 15) is 9.59 Å². The molecule has 2 aliphatic carbocycles. The van der Waals surface area contributed by atoms with E-state index in [0.29, 0.717) is 9.75 Å². The average Bonchev–Trinajstić information content (AvgIpc) is 3.50. The largest absolute Gasteiger partial charge is 0.457 e. The van der Waals surface area contributed by atoms with Crippen LogP contribution in [0.4, 0.5) is 0 Å². The number of thiophene rings is 2. The number of rotatable bonds is 6. The van der Waals surface area contributed by atoms with E-state index in [0.717, 1.165) is 36.8 Å². The van der Waals surface area contributed by atoms with Gasteiger partial charge in [0.2, 0.25) is 0 Å². The third-order valence-electron chi connectivity index (χ3n) is 5.63. The molecule has 0 radical (unpaired) electrons. The average molecular weight is 439 g/mol. The van der Waals surface area contributed by atoms with Crippen LogP contribution in [0.3, 0.4) is 0 Å². The summed E-state index contributed by atoms with van der Waals surface area (Å²) in [5.74, 6) is -0.533. The fraction of sp³-hybridized carbons (Fsp3) is 0.333. The van der Waals surface area contributed by atoms with E-state index >= 15 is 0 Å². The summed E-state index contributed by atoms with van der Waals surface area (Å²) in [4.78, 5) is 28.7. The second-order valence-electron chi connectivity index (χ2n) is 7.80. The van der Waals surface area contributed by atoms with Gasteiger partial charge in [-0.05, 0) is 79.0 Å². The Morgan fingerprint density at radius 2 is 1.23 bits per heavy atom. The zero-order chi connectivity index (χ0) is 20.5. The number of ether oxygens (including phenoxy) is 2. The summed E-state index contributed by atoms with van der Waals surface area (Å²) in [6, 6.07) is 11.6. The highest BCUT2D eigenvalue weighted by molar-refractivity contribution is 7.14. The molecule has 5 rings (SSSR count). The maximum Gasteiger partial charge on any atom is 0.348 e. The van der Waals surface area contributed by atoms with Gasteiger partial charge in [0.25, 0.3) is 0 Å². The highest BCUT2D eigenvalue weighted by Crippen LogP contribution is 2.32. The predicted molar refractivity (Wildman–Crippen MR) is 117 cm³/mol. The quantitative estimate of drug-likeness (QED) is 0.477. The van der Waals surface area contributed by atoms with Crippen molar-refractivity contribution in [3.63, 3.8) is 0 Å². The normalized spacial score (nSPS) is 14.4. The van der Waals surface area contributed by atoms with Crippen molar-refractivity contribution < 1.29 is 19.1 Å². The predicted octanol–water partition coefficient (Wildman–Crippen LogP) is 5.50. The Hall–Kier alpha value is -2.44. The van der Waals surface area contributed by atoms with E-state index in [1.54, 1.807) is 22.7 Å². The molecular weight excluding hydrogens is 416 g/mol. The minimum absolute atomic E-state index is 0.209. The first-order valence-electron chi connectivity index (χ1n) is 10.3. The molecule has 2 aromatic heterocycles. The van der Waals surface area contributed by atoms with Crippen LogP contribution in [0.2, 0.25) is 0 Å². The smallest absolute Gasteiger partial charge is 0.348 e. The van der Waals surface area contributed by atoms with Crippen molar-refractivity contribution in [3.05, 3.63) is 78.2 Å². The van der Waals surface area contributed by atoms with E-state index in [-0.39, 0.29) is 25.2 Å². The molecule has 1 aromatic carbocycles. The number of esters is 2. The SMILES string of the molecule is O=C(OCc1cccc(COC(=O)c2cc3c(s2)CCC3)c1)c1cc2c(s1)CCC2. The van der Waals surface area contributed by atoms with Crippen LogP contribution in [0.1, 0.15) is 64.2 Å². The molecule has 0 aliphatic heterocycles. The molecule has 0 spiro atoms. The molecular formula is C24H22O4S2. The van der Waals surface area contributed by atoms with Crippen molar-refractivity contribution in [1.29, 1.82) is 0 Å². The van der Waals surface area contributed by atoms with Gasteiger partial charge in [-0.2, -0.15) is 0 Å². The maximum atomic E-state index is 12.4. The van der Waals surface area contributed by atoms with Crippen molar-refractivity contribution in [2.75, 3.05) is 0 Å². The van der Waals surface area contributed by atoms with Crippen molar-refractivity contribution in [3.8, 4) is 0 Å². The molecule has 30 heavy (non-hydrogen) atoms. The Morgan fingerprint density at radius 1 is 0.733 bits per heavy atom. The van der Waals surface area contributed by atoms with Gasteiger partial charge in [0.05, 0.1) is 0 Å². The van der Waals surface area contributed by atoms with Crippen molar-refractivity contribution in [2.24, 2.45) is 0 Å². The summed E-state index contributed by atoms with van der Waals surface area (Å²) in [6.07, 6.45) is 6.64. The summed E-state index contributed by atoms with van der Waals surface area (Å²) in [7, 11) is 0. The Kier molecular flexibility index (Phi) is 5.44. The lowest BCUT2D eigenvalue weighted by Gasteiger charge is -2.07. The lowest BCUT2D eigenvalue weighted by Crippen LogP contribution is -2.05. The first kappa shape index (κ1) is 19.5. The standard InChI is InChI=1S/C24H22O4S2/c25-23(21-11-17-6-2-8-19(17)29-21)27-13-15-4-1-5-16(10-15)14-28-24(26)22-12-18-7-3-9-20(18)30-22/h1,4-5,10-12H,2-3,6-9,13-14H2. The lowest BCUT2D eigenvalue weighted by atomic mass is 10.1. The number of carbonyl (C=O) groups is 2. The van der Waals surface area contributed by atoms with Gasteiger partial charge in [-0.1, -0.05) is 18.2 Å². The number of carbonyl (C=O) groups excluding carboxylic acids is 2. The molecule has 154 valence electrons. The fourth-order valence-corrected chi connectivity index (χ4v) is 6.40. The third-order valence-corrected chi connectivity index (χ3v) is 8.06. The molecule has 3 aromatic rings. The van der Waals surface area contributed by atoms with Gasteiger partial charge in [-0.3, -0.25) is 0 Å². The van der Waals surface area contributed by atoms with Crippen molar-refractivity contribution in [2.45, 2.75) is 51.7 Å².